The first-order valence-corrected chi connectivity index (χ1v) is 13.8. The molecule has 0 saturated heterocycles. The molecule has 3 aromatic rings. The third-order valence-corrected chi connectivity index (χ3v) is 9.76. The van der Waals surface area contributed by atoms with Gasteiger partial charge in [-0.2, -0.15) is 5.10 Å². The number of hydrogen-bond acceptors (Lipinski definition) is 7. The van der Waals surface area contributed by atoms with E-state index in [0.29, 0.717) is 17.1 Å². The van der Waals surface area contributed by atoms with Crippen LogP contribution in [0.3, 0.4) is 0 Å². The number of nitrogens with zero attached hydrogens (tertiary/aromatic N) is 4. The van der Waals surface area contributed by atoms with Crippen molar-refractivity contribution < 1.29 is 19.4 Å². The van der Waals surface area contributed by atoms with Crippen LogP contribution in [-0.2, 0) is 14.3 Å². The molecular formula is C27H35N7O4. The number of carbonyl (C=O) groups is 2. The second-order valence-electron chi connectivity index (χ2n) is 12.5. The molecule has 5 fully saturated rings. The van der Waals surface area contributed by atoms with Crippen LogP contribution in [0, 0.1) is 17.3 Å². The van der Waals surface area contributed by atoms with Crippen LogP contribution in [0.2, 0.25) is 0 Å². The molecule has 11 heteroatoms. The molecule has 4 N–H and O–H groups in total. The number of H-pyrrole nitrogens is 1. The maximum absolute atomic E-state index is 13.0. The van der Waals surface area contributed by atoms with Gasteiger partial charge < -0.3 is 20.1 Å². The summed E-state index contributed by atoms with van der Waals surface area (Å²) in [5, 5.41) is 31.4. The Labute approximate surface area is 220 Å². The van der Waals surface area contributed by atoms with Crippen molar-refractivity contribution in [2.24, 2.45) is 17.3 Å². The Hall–Kier alpha value is -3.05. The first-order chi connectivity index (χ1) is 18.2. The van der Waals surface area contributed by atoms with E-state index in [1.54, 1.807) is 7.11 Å². The number of rotatable bonds is 4. The Kier molecular flexibility index (Phi) is 5.36. The van der Waals surface area contributed by atoms with E-state index < -0.39 is 17.4 Å². The summed E-state index contributed by atoms with van der Waals surface area (Å²) >= 11 is 0. The highest BCUT2D eigenvalue weighted by atomic mass is 16.5. The van der Waals surface area contributed by atoms with Gasteiger partial charge in [0.1, 0.15) is 5.52 Å². The minimum Gasteiger partial charge on any atom is -0.390 e. The summed E-state index contributed by atoms with van der Waals surface area (Å²) in [7, 11) is 1.70. The van der Waals surface area contributed by atoms with Gasteiger partial charge in [-0.1, -0.05) is 6.92 Å². The van der Waals surface area contributed by atoms with Gasteiger partial charge in [-0.15, -0.1) is 10.2 Å². The van der Waals surface area contributed by atoms with E-state index in [4.69, 9.17) is 9.84 Å². The lowest BCUT2D eigenvalue weighted by atomic mass is 9.46. The first kappa shape index (κ1) is 24.0. The van der Waals surface area contributed by atoms with Crippen LogP contribution in [-0.4, -0.2) is 66.7 Å². The molecule has 5 aliphatic rings. The number of aliphatic hydroxyl groups is 1. The third-order valence-electron chi connectivity index (χ3n) is 9.76. The summed E-state index contributed by atoms with van der Waals surface area (Å²) < 4.78 is 7.42. The molecule has 0 radical (unpaired) electrons. The van der Waals surface area contributed by atoms with Crippen LogP contribution in [0.1, 0.15) is 70.8 Å². The highest BCUT2D eigenvalue weighted by Crippen LogP contribution is 2.66. The molecule has 202 valence electrons. The number of ether oxygens (including phenoxy) is 1. The van der Waals surface area contributed by atoms with E-state index in [0.717, 1.165) is 68.7 Å². The smallest absolute Gasteiger partial charge is 0.314 e. The number of nitrogens with one attached hydrogen (secondary N) is 3. The lowest BCUT2D eigenvalue weighted by Gasteiger charge is -2.63. The monoisotopic (exact) mass is 521 g/mol. The molecule has 38 heavy (non-hydrogen) atoms. The maximum Gasteiger partial charge on any atom is 0.314 e. The van der Waals surface area contributed by atoms with Crippen molar-refractivity contribution in [3.05, 3.63) is 12.3 Å². The van der Waals surface area contributed by atoms with Crippen LogP contribution in [0.5, 0.6) is 0 Å². The average Bonchev–Trinajstić information content (AvgIpc) is 3.47. The molecule has 3 aromatic heterocycles. The number of methoxy groups -OCH3 is 1. The minimum absolute atomic E-state index is 0.0491. The van der Waals surface area contributed by atoms with Crippen LogP contribution in [0.15, 0.2) is 12.3 Å². The number of aromatic amines is 1. The van der Waals surface area contributed by atoms with E-state index in [2.05, 4.69) is 32.7 Å². The van der Waals surface area contributed by atoms with Crippen molar-refractivity contribution in [1.82, 2.24) is 30.3 Å². The number of hydrogen-bond donors (Lipinski definition) is 4. The molecule has 3 unspecified atom stereocenters. The molecular weight excluding hydrogens is 486 g/mol. The Bertz CT molecular complexity index is 1430. The lowest BCUT2D eigenvalue weighted by Crippen LogP contribution is -2.59. The zero-order chi connectivity index (χ0) is 26.2. The number of anilines is 1. The van der Waals surface area contributed by atoms with Gasteiger partial charge >= 0.3 is 11.8 Å². The second-order valence-corrected chi connectivity index (χ2v) is 12.5. The molecule has 0 aromatic carbocycles. The van der Waals surface area contributed by atoms with Crippen molar-refractivity contribution >= 4 is 39.7 Å². The zero-order valence-electron chi connectivity index (χ0n) is 21.9. The fourth-order valence-electron chi connectivity index (χ4n) is 8.67. The fraction of sp³-hybridized carbons (Fsp3) is 0.667. The van der Waals surface area contributed by atoms with Crippen molar-refractivity contribution in [1.29, 1.82) is 0 Å². The summed E-state index contributed by atoms with van der Waals surface area (Å²) in [5.74, 6) is -0.370. The zero-order valence-corrected chi connectivity index (χ0v) is 21.9. The van der Waals surface area contributed by atoms with Crippen LogP contribution in [0.4, 0.5) is 5.82 Å². The molecule has 2 amide bonds. The first-order valence-electron chi connectivity index (χ1n) is 13.8. The molecule has 0 spiro atoms. The van der Waals surface area contributed by atoms with Gasteiger partial charge in [-0.05, 0) is 81.1 Å². The molecule has 3 heterocycles. The highest BCUT2D eigenvalue weighted by Gasteiger charge is 2.61. The summed E-state index contributed by atoms with van der Waals surface area (Å²) in [6, 6.07) is 1.96. The van der Waals surface area contributed by atoms with E-state index in [-0.39, 0.29) is 35.3 Å². The van der Waals surface area contributed by atoms with Crippen molar-refractivity contribution in [2.45, 2.75) is 88.5 Å². The largest absolute Gasteiger partial charge is 0.390 e. The lowest BCUT2D eigenvalue weighted by molar-refractivity contribution is -0.185. The van der Waals surface area contributed by atoms with Gasteiger partial charge in [0.2, 0.25) is 0 Å². The quantitative estimate of drug-likeness (QED) is 0.386. The van der Waals surface area contributed by atoms with Gasteiger partial charge in [0, 0.05) is 24.7 Å². The summed E-state index contributed by atoms with van der Waals surface area (Å²) in [5.41, 5.74) is 1.20. The normalized spacial score (nSPS) is 36.1. The standard InChI is InChI=1S/C27H35N7O4/c1-26-10-14-9-15(12-27(37,11-14)13-26)21(26)34-20-18-7-8-28-22(18)32-31-19(20)23(33-34)30-25(36)24(35)29-16-3-5-17(38-2)6-4-16/h7-8,14-17,21,37H,3-6,9-13H2,1-2H3,(H,28,32)(H,29,35)(H,30,33,36)/t14?,15-,16-,17-,21?,26+,27?/m1/s1. The van der Waals surface area contributed by atoms with Crippen LogP contribution in [0.25, 0.3) is 22.1 Å². The Morgan fingerprint density at radius 3 is 2.71 bits per heavy atom. The number of carbonyl (C=O) groups excluding carboxylic acids is 2. The van der Waals surface area contributed by atoms with Gasteiger partial charge in [0.25, 0.3) is 0 Å². The molecule has 8 rings (SSSR count). The predicted molar refractivity (Wildman–Crippen MR) is 139 cm³/mol. The number of fused-ring (bicyclic) bond motifs is 3. The van der Waals surface area contributed by atoms with E-state index >= 15 is 0 Å². The Morgan fingerprint density at radius 2 is 1.97 bits per heavy atom. The SMILES string of the molecule is CO[C@H]1CC[C@H](NC(=O)C(=O)Nc2nn(C3[C@@H]4CC5CC(O)(C4)C[C@]3(C)C5)c3c2nnc2[nH]ccc23)CC1. The van der Waals surface area contributed by atoms with Gasteiger partial charge in [-0.25, -0.2) is 0 Å². The maximum atomic E-state index is 13.0. The second kappa shape index (κ2) is 8.47. The summed E-state index contributed by atoms with van der Waals surface area (Å²) in [4.78, 5) is 29.0. The third kappa shape index (κ3) is 3.73. The van der Waals surface area contributed by atoms with Crippen molar-refractivity contribution in [2.75, 3.05) is 12.4 Å². The molecule has 5 saturated carbocycles. The minimum atomic E-state index is -0.757. The van der Waals surface area contributed by atoms with E-state index in [1.165, 1.54) is 0 Å². The molecule has 5 atom stereocenters. The number of aromatic nitrogens is 5. The van der Waals surface area contributed by atoms with Gasteiger partial charge in [0.15, 0.2) is 17.0 Å². The Balaban J connectivity index is 1.21. The summed E-state index contributed by atoms with van der Waals surface area (Å²) in [6.07, 6.45) is 9.81. The molecule has 0 aliphatic heterocycles. The fourth-order valence-corrected chi connectivity index (χ4v) is 8.67. The number of amides is 2. The average molecular weight is 522 g/mol. The summed E-state index contributed by atoms with van der Waals surface area (Å²) in [6.45, 7) is 2.26. The van der Waals surface area contributed by atoms with Crippen molar-refractivity contribution in [3.8, 4) is 0 Å². The topological polar surface area (TPSA) is 147 Å². The van der Waals surface area contributed by atoms with Gasteiger partial charge in [0.05, 0.1) is 17.7 Å². The van der Waals surface area contributed by atoms with Gasteiger partial charge in [-0.3, -0.25) is 19.6 Å². The van der Waals surface area contributed by atoms with Crippen LogP contribution >= 0.6 is 0 Å². The Morgan fingerprint density at radius 1 is 1.16 bits per heavy atom. The van der Waals surface area contributed by atoms with E-state index in [9.17, 15) is 14.7 Å². The molecule has 11 nitrogen and oxygen atoms in total. The van der Waals surface area contributed by atoms with E-state index in [1.807, 2.05) is 16.9 Å². The van der Waals surface area contributed by atoms with Crippen molar-refractivity contribution in [3.63, 3.8) is 0 Å². The molecule has 5 aliphatic carbocycles. The molecule has 4 bridgehead atoms. The van der Waals surface area contributed by atoms with Crippen LogP contribution < -0.4 is 10.6 Å². The predicted octanol–water partition coefficient (Wildman–Crippen LogP) is 2.82. The highest BCUT2D eigenvalue weighted by molar-refractivity contribution is 6.40.